The summed E-state index contributed by atoms with van der Waals surface area (Å²) in [6.45, 7) is 0. The van der Waals surface area contributed by atoms with Crippen LogP contribution in [0.15, 0.2) is 72.8 Å². The van der Waals surface area contributed by atoms with Crippen LogP contribution in [0.1, 0.15) is 35.6 Å². The minimum atomic E-state index is -4.61. The van der Waals surface area contributed by atoms with Crippen molar-refractivity contribution in [3.63, 3.8) is 0 Å². The molecule has 0 saturated carbocycles. The van der Waals surface area contributed by atoms with Gasteiger partial charge < -0.3 is 10.2 Å². The first kappa shape index (κ1) is 21.9. The number of nitrogens with zero attached hydrogens (tertiary/aromatic N) is 1. The van der Waals surface area contributed by atoms with E-state index in [9.17, 15) is 18.0 Å². The highest BCUT2D eigenvalue weighted by molar-refractivity contribution is 7.80. The fourth-order valence-electron chi connectivity index (χ4n) is 5.10. The maximum atomic E-state index is 14.2. The maximum absolute atomic E-state index is 14.2. The Bertz CT molecular complexity index is 1280. The number of amides is 1. The quantitative estimate of drug-likeness (QED) is 0.399. The zero-order chi connectivity index (χ0) is 23.4. The monoisotopic (exact) mass is 486 g/mol. The van der Waals surface area contributed by atoms with E-state index in [1.165, 1.54) is 12.1 Å². The van der Waals surface area contributed by atoms with Gasteiger partial charge in [-0.3, -0.25) is 4.79 Å². The van der Waals surface area contributed by atoms with Crippen LogP contribution < -0.4 is 10.2 Å². The Morgan fingerprint density at radius 3 is 2.52 bits per heavy atom. The van der Waals surface area contributed by atoms with Crippen LogP contribution in [0.4, 0.5) is 24.5 Å². The van der Waals surface area contributed by atoms with Crippen LogP contribution in [0, 0.1) is 0 Å². The molecule has 168 valence electrons. The lowest BCUT2D eigenvalue weighted by Gasteiger charge is -2.49. The fraction of sp³-hybridized carbons (Fsp3) is 0.200. The van der Waals surface area contributed by atoms with Crippen LogP contribution in [0.25, 0.3) is 0 Å². The number of benzene rings is 3. The molecule has 0 aromatic heterocycles. The van der Waals surface area contributed by atoms with Gasteiger partial charge in [0.25, 0.3) is 0 Å². The van der Waals surface area contributed by atoms with E-state index in [2.05, 4.69) is 5.32 Å². The van der Waals surface area contributed by atoms with Gasteiger partial charge in [-0.05, 0) is 54.3 Å². The van der Waals surface area contributed by atoms with E-state index in [1.807, 2.05) is 0 Å². The van der Waals surface area contributed by atoms with Crippen molar-refractivity contribution < 1.29 is 18.0 Å². The lowest BCUT2D eigenvalue weighted by atomic mass is 9.66. The molecule has 2 aliphatic rings. The molecule has 2 atom stereocenters. The molecule has 2 heterocycles. The summed E-state index contributed by atoms with van der Waals surface area (Å²) in [6.07, 6.45) is -3.94. The zero-order valence-corrected chi connectivity index (χ0v) is 18.8. The highest BCUT2D eigenvalue weighted by Gasteiger charge is 2.58. The summed E-state index contributed by atoms with van der Waals surface area (Å²) < 4.78 is 42.6. The summed E-state index contributed by atoms with van der Waals surface area (Å²) >= 11 is 11.9. The second-order valence-corrected chi connectivity index (χ2v) is 9.11. The zero-order valence-electron chi connectivity index (χ0n) is 17.2. The standard InChI is InChI=1S/C25H18ClF3N2OS/c26-15-6-5-7-16(14-15)31-21(33)12-13-24(19-10-3-4-11-20(19)30-23(24)32)22(31)17-8-1-2-9-18(17)25(27,28)29/h1-11,14,22H,12-13H2,(H,30,32). The number of carbonyl (C=O) groups is 1. The molecule has 8 heteroatoms. The predicted octanol–water partition coefficient (Wildman–Crippen LogP) is 6.92. The van der Waals surface area contributed by atoms with Crippen LogP contribution in [-0.4, -0.2) is 10.9 Å². The average molecular weight is 487 g/mol. The van der Waals surface area contributed by atoms with Gasteiger partial charge in [-0.25, -0.2) is 0 Å². The van der Waals surface area contributed by atoms with E-state index in [0.717, 1.165) is 6.07 Å². The molecule has 33 heavy (non-hydrogen) atoms. The Labute approximate surface area is 199 Å². The molecule has 3 aromatic carbocycles. The van der Waals surface area contributed by atoms with Gasteiger partial charge in [-0.15, -0.1) is 0 Å². The van der Waals surface area contributed by atoms with Crippen LogP contribution in [-0.2, 0) is 16.4 Å². The van der Waals surface area contributed by atoms with Gasteiger partial charge in [0.2, 0.25) is 5.91 Å². The van der Waals surface area contributed by atoms with E-state index >= 15 is 0 Å². The summed E-state index contributed by atoms with van der Waals surface area (Å²) in [5.74, 6) is -0.333. The van der Waals surface area contributed by atoms with Crippen molar-refractivity contribution >= 4 is 46.1 Å². The molecular weight excluding hydrogens is 469 g/mol. The molecule has 3 aromatic rings. The topological polar surface area (TPSA) is 32.3 Å². The predicted molar refractivity (Wildman–Crippen MR) is 127 cm³/mol. The molecular formula is C25H18ClF3N2OS. The van der Waals surface area contributed by atoms with Gasteiger partial charge in [0.05, 0.1) is 16.6 Å². The van der Waals surface area contributed by atoms with Gasteiger partial charge in [-0.2, -0.15) is 13.2 Å². The Morgan fingerprint density at radius 2 is 1.76 bits per heavy atom. The summed E-state index contributed by atoms with van der Waals surface area (Å²) in [4.78, 5) is 15.8. The Kier molecular flexibility index (Phi) is 5.21. The van der Waals surface area contributed by atoms with Crippen molar-refractivity contribution in [2.45, 2.75) is 30.5 Å². The van der Waals surface area contributed by atoms with E-state index in [4.69, 9.17) is 23.8 Å². The highest BCUT2D eigenvalue weighted by Crippen LogP contribution is 2.56. The van der Waals surface area contributed by atoms with Crippen molar-refractivity contribution in [1.29, 1.82) is 0 Å². The van der Waals surface area contributed by atoms with Crippen LogP contribution in [0.3, 0.4) is 0 Å². The first-order valence-electron chi connectivity index (χ1n) is 10.4. The Morgan fingerprint density at radius 1 is 1.03 bits per heavy atom. The number of piperidine rings is 1. The van der Waals surface area contributed by atoms with Gasteiger partial charge in [0.15, 0.2) is 0 Å². The average Bonchev–Trinajstić information content (AvgIpc) is 3.06. The third kappa shape index (κ3) is 3.42. The van der Waals surface area contributed by atoms with Crippen molar-refractivity contribution in [3.05, 3.63) is 94.5 Å². The van der Waals surface area contributed by atoms with Crippen molar-refractivity contribution in [2.75, 3.05) is 10.2 Å². The number of fused-ring (bicyclic) bond motifs is 2. The third-order valence-electron chi connectivity index (χ3n) is 6.44. The maximum Gasteiger partial charge on any atom is 0.416 e. The molecule has 1 amide bonds. The lowest BCUT2D eigenvalue weighted by molar-refractivity contribution is -0.139. The number of anilines is 2. The van der Waals surface area contributed by atoms with Gasteiger partial charge in [-0.1, -0.05) is 66.3 Å². The number of alkyl halides is 3. The van der Waals surface area contributed by atoms with E-state index in [0.29, 0.717) is 39.8 Å². The van der Waals surface area contributed by atoms with Crippen molar-refractivity contribution in [1.82, 2.24) is 0 Å². The fourth-order valence-corrected chi connectivity index (χ4v) is 5.60. The molecule has 3 nitrogen and oxygen atoms in total. The third-order valence-corrected chi connectivity index (χ3v) is 7.07. The summed E-state index contributed by atoms with van der Waals surface area (Å²) in [5, 5.41) is 3.32. The number of nitrogens with one attached hydrogen (secondary N) is 1. The molecule has 1 spiro atoms. The van der Waals surface area contributed by atoms with E-state index in [1.54, 1.807) is 59.5 Å². The number of rotatable bonds is 2. The van der Waals surface area contributed by atoms with E-state index < -0.39 is 23.2 Å². The second kappa shape index (κ2) is 7.85. The number of halogens is 4. The summed E-state index contributed by atoms with van der Waals surface area (Å²) in [6, 6.07) is 18.4. The van der Waals surface area contributed by atoms with Crippen LogP contribution in [0.5, 0.6) is 0 Å². The highest BCUT2D eigenvalue weighted by atomic mass is 35.5. The van der Waals surface area contributed by atoms with E-state index in [-0.39, 0.29) is 11.5 Å². The molecule has 1 saturated heterocycles. The first-order valence-corrected chi connectivity index (χ1v) is 11.2. The SMILES string of the molecule is O=C1Nc2ccccc2C12CCC(=S)N(c1cccc(Cl)c1)C2c1ccccc1C(F)(F)F. The molecule has 2 unspecified atom stereocenters. The smallest absolute Gasteiger partial charge is 0.327 e. The number of carbonyl (C=O) groups excluding carboxylic acids is 1. The number of hydrogen-bond acceptors (Lipinski definition) is 2. The molecule has 0 radical (unpaired) electrons. The normalized spacial score (nSPS) is 22.4. The van der Waals surface area contributed by atoms with Crippen molar-refractivity contribution in [2.24, 2.45) is 0 Å². The minimum Gasteiger partial charge on any atom is -0.327 e. The minimum absolute atomic E-state index is 0.00104. The Balaban J connectivity index is 1.84. The number of hydrogen-bond donors (Lipinski definition) is 1. The summed E-state index contributed by atoms with van der Waals surface area (Å²) in [7, 11) is 0. The Hall–Kier alpha value is -2.90. The van der Waals surface area contributed by atoms with Crippen LogP contribution in [0.2, 0.25) is 5.02 Å². The largest absolute Gasteiger partial charge is 0.416 e. The molecule has 0 aliphatic carbocycles. The molecule has 1 N–H and O–H groups in total. The van der Waals surface area contributed by atoms with Crippen LogP contribution >= 0.6 is 23.8 Å². The van der Waals surface area contributed by atoms with Gasteiger partial charge in [0, 0.05) is 16.4 Å². The lowest BCUT2D eigenvalue weighted by Crippen LogP contribution is -2.54. The number of para-hydroxylation sites is 1. The molecule has 0 bridgehead atoms. The van der Waals surface area contributed by atoms with Gasteiger partial charge in [0.1, 0.15) is 5.41 Å². The molecule has 2 aliphatic heterocycles. The van der Waals surface area contributed by atoms with Crippen molar-refractivity contribution in [3.8, 4) is 0 Å². The summed E-state index contributed by atoms with van der Waals surface area (Å²) in [5.41, 5.74) is -0.224. The van der Waals surface area contributed by atoms with Gasteiger partial charge >= 0.3 is 6.18 Å². The molecule has 1 fully saturated rings. The second-order valence-electron chi connectivity index (χ2n) is 8.20. The molecule has 5 rings (SSSR count). The number of thiocarbonyl (C=S) groups is 1. The first-order chi connectivity index (χ1) is 15.7.